The number of halogens is 2. The second-order valence-electron chi connectivity index (χ2n) is 3.68. The highest BCUT2D eigenvalue weighted by Crippen LogP contribution is 2.66. The predicted molar refractivity (Wildman–Crippen MR) is 67.8 cm³/mol. The van der Waals surface area contributed by atoms with E-state index in [9.17, 15) is 23.5 Å². The van der Waals surface area contributed by atoms with E-state index < -0.39 is 29.4 Å². The minimum Gasteiger partial charge on any atom is -0.304 e. The van der Waals surface area contributed by atoms with Gasteiger partial charge in [0, 0.05) is 17.7 Å². The summed E-state index contributed by atoms with van der Waals surface area (Å²) in [4.78, 5) is 9.80. The molecule has 0 bridgehead atoms. The first-order valence-electron chi connectivity index (χ1n) is 5.80. The van der Waals surface area contributed by atoms with Crippen LogP contribution in [0.3, 0.4) is 0 Å². The van der Waals surface area contributed by atoms with Crippen LogP contribution in [0.1, 0.15) is 19.4 Å². The van der Waals surface area contributed by atoms with Crippen LogP contribution < -0.4 is 0 Å². The highest BCUT2D eigenvalue weighted by atomic mass is 31.2. The fourth-order valence-electron chi connectivity index (χ4n) is 1.50. The molecule has 0 radical (unpaired) electrons. The molecule has 1 aromatic rings. The van der Waals surface area contributed by atoms with Crippen LogP contribution in [0.2, 0.25) is 0 Å². The van der Waals surface area contributed by atoms with Gasteiger partial charge in [0.25, 0.3) is 5.69 Å². The van der Waals surface area contributed by atoms with E-state index in [-0.39, 0.29) is 13.2 Å². The lowest BCUT2D eigenvalue weighted by atomic mass is 10.2. The van der Waals surface area contributed by atoms with Crippen LogP contribution in [0.25, 0.3) is 0 Å². The van der Waals surface area contributed by atoms with Gasteiger partial charge in [-0.3, -0.25) is 14.7 Å². The van der Waals surface area contributed by atoms with Crippen molar-refractivity contribution in [2.24, 2.45) is 0 Å². The number of nitro groups is 1. The zero-order valence-corrected chi connectivity index (χ0v) is 11.8. The second-order valence-corrected chi connectivity index (χ2v) is 5.75. The molecule has 0 saturated carbocycles. The fourth-order valence-corrected chi connectivity index (χ4v) is 3.04. The van der Waals surface area contributed by atoms with Crippen LogP contribution in [-0.2, 0) is 19.3 Å². The first-order chi connectivity index (χ1) is 9.28. The minimum atomic E-state index is -4.75. The topological polar surface area (TPSA) is 78.7 Å². The van der Waals surface area contributed by atoms with E-state index in [0.717, 1.165) is 18.2 Å². The number of alkyl halides is 2. The van der Waals surface area contributed by atoms with E-state index in [0.29, 0.717) is 6.07 Å². The molecule has 0 aliphatic heterocycles. The van der Waals surface area contributed by atoms with Crippen LogP contribution in [-0.4, -0.2) is 18.1 Å². The van der Waals surface area contributed by atoms with Gasteiger partial charge in [0.1, 0.15) is 0 Å². The number of nitro benzene ring substituents is 1. The lowest BCUT2D eigenvalue weighted by Gasteiger charge is -2.25. The molecule has 0 saturated heterocycles. The van der Waals surface area contributed by atoms with E-state index in [1.807, 2.05) is 0 Å². The van der Waals surface area contributed by atoms with Crippen molar-refractivity contribution in [2.45, 2.75) is 19.5 Å². The summed E-state index contributed by atoms with van der Waals surface area (Å²) in [5, 5.41) is 10.6. The van der Waals surface area contributed by atoms with Crippen LogP contribution in [0.15, 0.2) is 24.3 Å². The van der Waals surface area contributed by atoms with Gasteiger partial charge in [-0.1, -0.05) is 12.1 Å². The maximum atomic E-state index is 14.3. The maximum Gasteiger partial charge on any atom is 0.404 e. The highest BCUT2D eigenvalue weighted by Gasteiger charge is 2.55. The summed E-state index contributed by atoms with van der Waals surface area (Å²) < 4.78 is 49.9. The molecule has 1 aromatic carbocycles. The number of benzene rings is 1. The third kappa shape index (κ3) is 3.20. The molecule has 0 spiro atoms. The summed E-state index contributed by atoms with van der Waals surface area (Å²) in [6, 6.07) is 3.75. The summed E-state index contributed by atoms with van der Waals surface area (Å²) in [6.45, 7) is 2.33. The Balaban J connectivity index is 3.28. The normalized spacial score (nSPS) is 12.4. The van der Waals surface area contributed by atoms with E-state index in [4.69, 9.17) is 0 Å². The van der Waals surface area contributed by atoms with Crippen LogP contribution in [0.4, 0.5) is 14.5 Å². The zero-order valence-electron chi connectivity index (χ0n) is 10.9. The largest absolute Gasteiger partial charge is 0.404 e. The van der Waals surface area contributed by atoms with Gasteiger partial charge in [0.2, 0.25) is 0 Å². The Hall–Kier alpha value is -1.37. The highest BCUT2D eigenvalue weighted by molar-refractivity contribution is 7.54. The molecule has 6 nitrogen and oxygen atoms in total. The molecule has 0 N–H and O–H groups in total. The fraction of sp³-hybridized carbons (Fsp3) is 0.455. The van der Waals surface area contributed by atoms with Crippen molar-refractivity contribution < 1.29 is 27.3 Å². The first kappa shape index (κ1) is 16.7. The Kier molecular flexibility index (Phi) is 5.33. The second kappa shape index (κ2) is 6.39. The molecule has 1 rings (SSSR count). The molecule has 0 aliphatic carbocycles. The van der Waals surface area contributed by atoms with Crippen molar-refractivity contribution in [3.05, 3.63) is 39.9 Å². The number of hydrogen-bond acceptors (Lipinski definition) is 5. The van der Waals surface area contributed by atoms with Crippen molar-refractivity contribution in [3.8, 4) is 0 Å². The van der Waals surface area contributed by atoms with Gasteiger partial charge in [-0.15, -0.1) is 0 Å². The quantitative estimate of drug-likeness (QED) is 0.433. The van der Waals surface area contributed by atoms with Crippen molar-refractivity contribution in [3.63, 3.8) is 0 Å². The Morgan fingerprint density at radius 3 is 2.30 bits per heavy atom. The Bertz CT molecular complexity index is 527. The third-order valence-corrected chi connectivity index (χ3v) is 4.49. The van der Waals surface area contributed by atoms with Gasteiger partial charge in [-0.2, -0.15) is 8.78 Å². The molecular formula is C11H14F2NO5P. The average Bonchev–Trinajstić information content (AvgIpc) is 2.39. The monoisotopic (exact) mass is 309 g/mol. The summed E-state index contributed by atoms with van der Waals surface area (Å²) in [5.74, 6) is 0. The molecule has 0 unspecified atom stereocenters. The predicted octanol–water partition coefficient (Wildman–Crippen LogP) is 3.91. The van der Waals surface area contributed by atoms with Crippen molar-refractivity contribution in [1.82, 2.24) is 0 Å². The third-order valence-electron chi connectivity index (χ3n) is 2.35. The Labute approximate surface area is 114 Å². The number of nitrogens with zero attached hydrogens (tertiary/aromatic N) is 1. The molecular weight excluding hydrogens is 295 g/mol. The molecule has 0 aromatic heterocycles. The lowest BCUT2D eigenvalue weighted by molar-refractivity contribution is -0.385. The summed E-state index contributed by atoms with van der Waals surface area (Å²) >= 11 is 0. The van der Waals surface area contributed by atoms with Gasteiger partial charge in [-0.05, 0) is 13.8 Å². The van der Waals surface area contributed by atoms with Gasteiger partial charge in [0.05, 0.1) is 18.1 Å². The first-order valence-corrected chi connectivity index (χ1v) is 7.34. The zero-order chi connectivity index (χ0) is 15.4. The summed E-state index contributed by atoms with van der Waals surface area (Å²) in [5.41, 5.74) is -5.27. The molecule has 0 atom stereocenters. The van der Waals surface area contributed by atoms with Crippen molar-refractivity contribution in [2.75, 3.05) is 13.2 Å². The van der Waals surface area contributed by atoms with Crippen molar-refractivity contribution >= 4 is 13.3 Å². The SMILES string of the molecule is CCOP(=O)(OCC)C(F)(F)c1cccc([N+](=O)[O-])c1. The summed E-state index contributed by atoms with van der Waals surface area (Å²) in [7, 11) is -4.75. The molecule has 20 heavy (non-hydrogen) atoms. The van der Waals surface area contributed by atoms with Crippen LogP contribution in [0, 0.1) is 10.1 Å². The summed E-state index contributed by atoms with van der Waals surface area (Å²) in [6.07, 6.45) is 0. The molecule has 0 fully saturated rings. The Morgan fingerprint density at radius 2 is 1.85 bits per heavy atom. The number of hydrogen-bond donors (Lipinski definition) is 0. The smallest absolute Gasteiger partial charge is 0.304 e. The van der Waals surface area contributed by atoms with E-state index in [1.165, 1.54) is 13.8 Å². The minimum absolute atomic E-state index is 0.234. The van der Waals surface area contributed by atoms with Crippen LogP contribution in [0.5, 0.6) is 0 Å². The number of rotatable bonds is 7. The van der Waals surface area contributed by atoms with E-state index in [2.05, 4.69) is 9.05 Å². The lowest BCUT2D eigenvalue weighted by Crippen LogP contribution is -2.18. The molecule has 0 heterocycles. The van der Waals surface area contributed by atoms with Gasteiger partial charge in [0.15, 0.2) is 0 Å². The Morgan fingerprint density at radius 1 is 1.30 bits per heavy atom. The van der Waals surface area contributed by atoms with Gasteiger partial charge in [-0.25, -0.2) is 0 Å². The van der Waals surface area contributed by atoms with Gasteiger partial charge >= 0.3 is 13.3 Å². The average molecular weight is 309 g/mol. The van der Waals surface area contributed by atoms with E-state index >= 15 is 0 Å². The molecule has 9 heteroatoms. The van der Waals surface area contributed by atoms with Crippen molar-refractivity contribution in [1.29, 1.82) is 0 Å². The van der Waals surface area contributed by atoms with Gasteiger partial charge < -0.3 is 9.05 Å². The molecule has 0 aliphatic rings. The molecule has 0 amide bonds. The van der Waals surface area contributed by atoms with E-state index in [1.54, 1.807) is 0 Å². The number of non-ortho nitro benzene ring substituents is 1. The molecule has 112 valence electrons. The van der Waals surface area contributed by atoms with Crippen LogP contribution >= 0.6 is 7.60 Å². The standard InChI is InChI=1S/C11H14F2NO5P/c1-3-18-20(17,19-4-2)11(12,13)9-6-5-7-10(8-9)14(15)16/h5-8H,3-4H2,1-2H3. The maximum absolute atomic E-state index is 14.3.